The van der Waals surface area contributed by atoms with Gasteiger partial charge in [-0.05, 0) is 34.8 Å². The Hall–Kier alpha value is -1.30. The van der Waals surface area contributed by atoms with Crippen LogP contribution in [0.5, 0.6) is 0 Å². The van der Waals surface area contributed by atoms with Crippen molar-refractivity contribution in [1.82, 2.24) is 10.3 Å². The van der Waals surface area contributed by atoms with E-state index < -0.39 is 0 Å². The van der Waals surface area contributed by atoms with Crippen LogP contribution < -0.4 is 16.0 Å². The highest BCUT2D eigenvalue weighted by Gasteiger charge is 2.26. The SMILES string of the molecule is CNC(=O)C1CCCN(c2ncc(Br)cc2N)C1. The zero-order valence-electron chi connectivity index (χ0n) is 10.3. The number of hydrogen-bond acceptors (Lipinski definition) is 4. The van der Waals surface area contributed by atoms with Gasteiger partial charge >= 0.3 is 0 Å². The normalized spacial score (nSPS) is 19.7. The summed E-state index contributed by atoms with van der Waals surface area (Å²) >= 11 is 3.34. The summed E-state index contributed by atoms with van der Waals surface area (Å²) in [5, 5.41) is 2.71. The molecule has 1 amide bonds. The second-order valence-electron chi connectivity index (χ2n) is 4.47. The zero-order valence-corrected chi connectivity index (χ0v) is 11.9. The summed E-state index contributed by atoms with van der Waals surface area (Å²) in [6.45, 7) is 1.57. The van der Waals surface area contributed by atoms with E-state index in [9.17, 15) is 4.79 Å². The number of hydrogen-bond donors (Lipinski definition) is 2. The fraction of sp³-hybridized carbons (Fsp3) is 0.500. The number of halogens is 1. The first-order chi connectivity index (χ1) is 8.61. The third-order valence-corrected chi connectivity index (χ3v) is 3.63. The van der Waals surface area contributed by atoms with Crippen molar-refractivity contribution in [2.45, 2.75) is 12.8 Å². The van der Waals surface area contributed by atoms with Gasteiger partial charge in [0.2, 0.25) is 5.91 Å². The lowest BCUT2D eigenvalue weighted by molar-refractivity contribution is -0.124. The first-order valence-electron chi connectivity index (χ1n) is 5.99. The lowest BCUT2D eigenvalue weighted by Crippen LogP contribution is -2.42. The number of nitrogen functional groups attached to an aromatic ring is 1. The van der Waals surface area contributed by atoms with Crippen molar-refractivity contribution in [3.05, 3.63) is 16.7 Å². The summed E-state index contributed by atoms with van der Waals surface area (Å²) in [4.78, 5) is 18.1. The van der Waals surface area contributed by atoms with Crippen LogP contribution in [-0.2, 0) is 4.79 Å². The van der Waals surface area contributed by atoms with E-state index in [1.165, 1.54) is 0 Å². The van der Waals surface area contributed by atoms with Gasteiger partial charge in [-0.15, -0.1) is 0 Å². The topological polar surface area (TPSA) is 71.2 Å². The molecule has 1 aliphatic heterocycles. The number of anilines is 2. The molecule has 1 aromatic rings. The van der Waals surface area contributed by atoms with E-state index in [1.807, 2.05) is 6.07 Å². The largest absolute Gasteiger partial charge is 0.396 e. The van der Waals surface area contributed by atoms with E-state index >= 15 is 0 Å². The van der Waals surface area contributed by atoms with Crippen LogP contribution in [0.1, 0.15) is 12.8 Å². The summed E-state index contributed by atoms with van der Waals surface area (Å²) in [6, 6.07) is 1.84. The molecule has 5 nitrogen and oxygen atoms in total. The number of rotatable bonds is 2. The van der Waals surface area contributed by atoms with Crippen molar-refractivity contribution in [1.29, 1.82) is 0 Å². The number of amides is 1. The molecule has 1 aromatic heterocycles. The highest BCUT2D eigenvalue weighted by molar-refractivity contribution is 9.10. The van der Waals surface area contributed by atoms with Gasteiger partial charge in [0, 0.05) is 30.8 Å². The van der Waals surface area contributed by atoms with Crippen molar-refractivity contribution in [2.24, 2.45) is 5.92 Å². The molecule has 18 heavy (non-hydrogen) atoms. The zero-order chi connectivity index (χ0) is 13.1. The van der Waals surface area contributed by atoms with E-state index in [0.717, 1.165) is 29.7 Å². The van der Waals surface area contributed by atoms with Crippen molar-refractivity contribution < 1.29 is 4.79 Å². The van der Waals surface area contributed by atoms with Gasteiger partial charge in [-0.3, -0.25) is 4.79 Å². The third-order valence-electron chi connectivity index (χ3n) is 3.20. The van der Waals surface area contributed by atoms with E-state index in [1.54, 1.807) is 13.2 Å². The number of aromatic nitrogens is 1. The molecule has 0 spiro atoms. The minimum absolute atomic E-state index is 0.0218. The Bertz CT molecular complexity index is 452. The fourth-order valence-corrected chi connectivity index (χ4v) is 2.65. The van der Waals surface area contributed by atoms with E-state index in [4.69, 9.17) is 5.73 Å². The van der Waals surface area contributed by atoms with Gasteiger partial charge in [0.05, 0.1) is 11.6 Å². The summed E-state index contributed by atoms with van der Waals surface area (Å²) < 4.78 is 0.864. The summed E-state index contributed by atoms with van der Waals surface area (Å²) in [5.74, 6) is 0.885. The predicted octanol–water partition coefficient (Wildman–Crippen LogP) is 1.39. The first kappa shape index (κ1) is 13.1. The number of piperidine rings is 1. The van der Waals surface area contributed by atoms with E-state index in [-0.39, 0.29) is 11.8 Å². The number of carbonyl (C=O) groups excluding carboxylic acids is 1. The van der Waals surface area contributed by atoms with Crippen LogP contribution >= 0.6 is 15.9 Å². The Kier molecular flexibility index (Phi) is 4.06. The number of carbonyl (C=O) groups is 1. The Morgan fingerprint density at radius 2 is 2.44 bits per heavy atom. The summed E-state index contributed by atoms with van der Waals surface area (Å²) in [7, 11) is 1.67. The quantitative estimate of drug-likeness (QED) is 0.865. The Balaban J connectivity index is 2.15. The van der Waals surface area contributed by atoms with E-state index in [0.29, 0.717) is 12.2 Å². The second kappa shape index (κ2) is 5.56. The van der Waals surface area contributed by atoms with Gasteiger partial charge in [0.25, 0.3) is 0 Å². The number of nitrogens with two attached hydrogens (primary N) is 1. The average Bonchev–Trinajstić information content (AvgIpc) is 2.38. The van der Waals surface area contributed by atoms with Crippen LogP contribution in [0, 0.1) is 5.92 Å². The van der Waals surface area contributed by atoms with Crippen LogP contribution in [0.4, 0.5) is 11.5 Å². The molecule has 2 rings (SSSR count). The van der Waals surface area contributed by atoms with Crippen molar-refractivity contribution in [3.63, 3.8) is 0 Å². The fourth-order valence-electron chi connectivity index (χ4n) is 2.30. The maximum absolute atomic E-state index is 11.7. The molecule has 3 N–H and O–H groups in total. The molecule has 2 heterocycles. The first-order valence-corrected chi connectivity index (χ1v) is 6.78. The Labute approximate surface area is 115 Å². The Morgan fingerprint density at radius 3 is 3.11 bits per heavy atom. The molecule has 6 heteroatoms. The summed E-state index contributed by atoms with van der Waals surface area (Å²) in [6.07, 6.45) is 3.64. The molecular formula is C12H17BrN4O. The van der Waals surface area contributed by atoms with Gasteiger partial charge in [-0.1, -0.05) is 0 Å². The van der Waals surface area contributed by atoms with Crippen molar-refractivity contribution >= 4 is 33.3 Å². The van der Waals surface area contributed by atoms with Gasteiger partial charge < -0.3 is 16.0 Å². The molecule has 0 aliphatic carbocycles. The van der Waals surface area contributed by atoms with Crippen LogP contribution in [0.25, 0.3) is 0 Å². The molecule has 0 bridgehead atoms. The highest BCUT2D eigenvalue weighted by Crippen LogP contribution is 2.27. The molecule has 98 valence electrons. The van der Waals surface area contributed by atoms with Gasteiger partial charge in [0.15, 0.2) is 5.82 Å². The monoisotopic (exact) mass is 312 g/mol. The lowest BCUT2D eigenvalue weighted by atomic mass is 9.97. The van der Waals surface area contributed by atoms with Crippen LogP contribution in [0.2, 0.25) is 0 Å². The minimum Gasteiger partial charge on any atom is -0.396 e. The maximum Gasteiger partial charge on any atom is 0.224 e. The molecular weight excluding hydrogens is 296 g/mol. The molecule has 1 unspecified atom stereocenters. The number of pyridine rings is 1. The maximum atomic E-state index is 11.7. The molecule has 0 saturated carbocycles. The standard InChI is InChI=1S/C12H17BrN4O/c1-15-12(18)8-3-2-4-17(7-8)11-10(14)5-9(13)6-16-11/h5-6,8H,2-4,7,14H2,1H3,(H,15,18). The average molecular weight is 313 g/mol. The molecule has 1 fully saturated rings. The van der Waals surface area contributed by atoms with Crippen LogP contribution in [-0.4, -0.2) is 31.0 Å². The summed E-state index contributed by atoms with van der Waals surface area (Å²) in [5.41, 5.74) is 6.61. The molecule has 1 aliphatic rings. The highest BCUT2D eigenvalue weighted by atomic mass is 79.9. The third kappa shape index (κ3) is 2.75. The molecule has 1 saturated heterocycles. The van der Waals surface area contributed by atoms with Gasteiger partial charge in [-0.25, -0.2) is 4.98 Å². The molecule has 0 radical (unpaired) electrons. The van der Waals surface area contributed by atoms with Crippen molar-refractivity contribution in [3.8, 4) is 0 Å². The van der Waals surface area contributed by atoms with Crippen LogP contribution in [0.3, 0.4) is 0 Å². The second-order valence-corrected chi connectivity index (χ2v) is 5.38. The smallest absolute Gasteiger partial charge is 0.224 e. The van der Waals surface area contributed by atoms with Gasteiger partial charge in [-0.2, -0.15) is 0 Å². The van der Waals surface area contributed by atoms with Crippen LogP contribution in [0.15, 0.2) is 16.7 Å². The number of nitrogens with one attached hydrogen (secondary N) is 1. The lowest BCUT2D eigenvalue weighted by Gasteiger charge is -2.33. The van der Waals surface area contributed by atoms with Gasteiger partial charge in [0.1, 0.15) is 0 Å². The minimum atomic E-state index is 0.0218. The van der Waals surface area contributed by atoms with Crippen molar-refractivity contribution in [2.75, 3.05) is 30.8 Å². The molecule has 0 aromatic carbocycles. The molecule has 1 atom stereocenters. The number of nitrogens with zero attached hydrogens (tertiary/aromatic N) is 2. The predicted molar refractivity (Wildman–Crippen MR) is 75.4 cm³/mol. The Morgan fingerprint density at radius 1 is 1.67 bits per heavy atom. The van der Waals surface area contributed by atoms with E-state index in [2.05, 4.69) is 31.1 Å².